The minimum absolute atomic E-state index is 0.0147. The summed E-state index contributed by atoms with van der Waals surface area (Å²) in [6, 6.07) is 0.119. The molecule has 114 valence electrons. The number of carbonyl (C=O) groups is 2. The number of carbonyl (C=O) groups excluding carboxylic acids is 2. The Morgan fingerprint density at radius 3 is 2.80 bits per heavy atom. The minimum atomic E-state index is -0.290. The third-order valence-corrected chi connectivity index (χ3v) is 5.71. The minimum Gasteiger partial charge on any atom is -0.303 e. The van der Waals surface area contributed by atoms with Gasteiger partial charge in [0.2, 0.25) is 11.8 Å². The van der Waals surface area contributed by atoms with Crippen LogP contribution in [-0.4, -0.2) is 46.3 Å². The molecule has 2 rings (SSSR count). The summed E-state index contributed by atoms with van der Waals surface area (Å²) in [6.07, 6.45) is 8.04. The highest BCUT2D eigenvalue weighted by atomic mass is 32.2. The molecule has 4 nitrogen and oxygen atoms in total. The van der Waals surface area contributed by atoms with E-state index in [4.69, 9.17) is 0 Å². The van der Waals surface area contributed by atoms with E-state index < -0.39 is 0 Å². The number of hydrogen-bond acceptors (Lipinski definition) is 4. The van der Waals surface area contributed by atoms with Crippen molar-refractivity contribution in [2.45, 2.75) is 75.7 Å². The van der Waals surface area contributed by atoms with Gasteiger partial charge in [-0.3, -0.25) is 14.5 Å². The average molecular weight is 298 g/mol. The van der Waals surface area contributed by atoms with Gasteiger partial charge in [0.05, 0.1) is 12.5 Å². The van der Waals surface area contributed by atoms with Crippen molar-refractivity contribution in [3.8, 4) is 0 Å². The van der Waals surface area contributed by atoms with Gasteiger partial charge in [0, 0.05) is 17.3 Å². The van der Waals surface area contributed by atoms with Crippen LogP contribution in [-0.2, 0) is 9.59 Å². The van der Waals surface area contributed by atoms with Gasteiger partial charge in [-0.15, -0.1) is 0 Å². The number of imide groups is 1. The quantitative estimate of drug-likeness (QED) is 0.790. The van der Waals surface area contributed by atoms with Gasteiger partial charge < -0.3 is 5.32 Å². The highest BCUT2D eigenvalue weighted by Gasteiger charge is 2.41. The smallest absolute Gasteiger partial charge is 0.247 e. The lowest BCUT2D eigenvalue weighted by Crippen LogP contribution is -2.47. The summed E-state index contributed by atoms with van der Waals surface area (Å²) in [7, 11) is 0. The van der Waals surface area contributed by atoms with Crippen LogP contribution in [0.5, 0.6) is 0 Å². The summed E-state index contributed by atoms with van der Waals surface area (Å²) < 4.78 is 0. The van der Waals surface area contributed by atoms with Gasteiger partial charge in [0.1, 0.15) is 0 Å². The molecule has 1 saturated carbocycles. The van der Waals surface area contributed by atoms with E-state index in [1.807, 2.05) is 25.6 Å². The lowest BCUT2D eigenvalue weighted by atomic mass is 9.94. The fourth-order valence-corrected chi connectivity index (χ4v) is 4.05. The Bertz CT molecular complexity index is 375. The Labute approximate surface area is 126 Å². The SMILES string of the molecule is CCC(C)N1C(=O)CC(NC2CCCC(SC)C2)C1=O. The van der Waals surface area contributed by atoms with Crippen molar-refractivity contribution >= 4 is 23.6 Å². The third kappa shape index (κ3) is 3.37. The number of rotatable bonds is 5. The van der Waals surface area contributed by atoms with Crippen molar-refractivity contribution in [2.75, 3.05) is 6.26 Å². The van der Waals surface area contributed by atoms with E-state index in [0.29, 0.717) is 17.7 Å². The second kappa shape index (κ2) is 6.94. The van der Waals surface area contributed by atoms with Crippen LogP contribution >= 0.6 is 11.8 Å². The maximum atomic E-state index is 12.4. The zero-order chi connectivity index (χ0) is 14.7. The van der Waals surface area contributed by atoms with E-state index in [1.54, 1.807) is 0 Å². The zero-order valence-electron chi connectivity index (χ0n) is 12.7. The predicted octanol–water partition coefficient (Wildman–Crippen LogP) is 2.18. The Kier molecular flexibility index (Phi) is 5.49. The molecule has 4 atom stereocenters. The molecule has 1 heterocycles. The van der Waals surface area contributed by atoms with Crippen LogP contribution in [0.2, 0.25) is 0 Å². The van der Waals surface area contributed by atoms with Crippen LogP contribution in [0.25, 0.3) is 0 Å². The topological polar surface area (TPSA) is 49.4 Å². The Balaban J connectivity index is 1.94. The number of likely N-dealkylation sites (tertiary alicyclic amines) is 1. The molecule has 1 saturated heterocycles. The molecule has 0 radical (unpaired) electrons. The van der Waals surface area contributed by atoms with Gasteiger partial charge in [0.15, 0.2) is 0 Å². The van der Waals surface area contributed by atoms with Crippen molar-refractivity contribution < 1.29 is 9.59 Å². The van der Waals surface area contributed by atoms with Crippen molar-refractivity contribution in [3.05, 3.63) is 0 Å². The summed E-state index contributed by atoms with van der Waals surface area (Å²) in [5.41, 5.74) is 0. The summed E-state index contributed by atoms with van der Waals surface area (Å²) in [5, 5.41) is 4.14. The van der Waals surface area contributed by atoms with Gasteiger partial charge in [0.25, 0.3) is 0 Å². The van der Waals surface area contributed by atoms with Gasteiger partial charge >= 0.3 is 0 Å². The molecule has 0 aromatic rings. The number of nitrogens with one attached hydrogen (secondary N) is 1. The summed E-state index contributed by atoms with van der Waals surface area (Å²) in [6.45, 7) is 3.96. The van der Waals surface area contributed by atoms with E-state index in [0.717, 1.165) is 19.3 Å². The number of hydrogen-bond donors (Lipinski definition) is 1. The van der Waals surface area contributed by atoms with Gasteiger partial charge in [-0.25, -0.2) is 0 Å². The van der Waals surface area contributed by atoms with Crippen molar-refractivity contribution in [2.24, 2.45) is 0 Å². The first-order valence-corrected chi connectivity index (χ1v) is 9.00. The molecule has 2 amide bonds. The number of amides is 2. The van der Waals surface area contributed by atoms with Crippen LogP contribution < -0.4 is 5.32 Å². The monoisotopic (exact) mass is 298 g/mol. The van der Waals surface area contributed by atoms with Crippen LogP contribution in [0.4, 0.5) is 0 Å². The normalized spacial score (nSPS) is 32.8. The highest BCUT2D eigenvalue weighted by Crippen LogP contribution is 2.28. The molecule has 2 fully saturated rings. The van der Waals surface area contributed by atoms with Crippen LogP contribution in [0.15, 0.2) is 0 Å². The molecule has 0 bridgehead atoms. The molecule has 0 aromatic carbocycles. The van der Waals surface area contributed by atoms with Crippen LogP contribution in [0.1, 0.15) is 52.4 Å². The molecule has 2 aliphatic rings. The second-order valence-electron chi connectivity index (χ2n) is 6.00. The van der Waals surface area contributed by atoms with Gasteiger partial charge in [-0.2, -0.15) is 11.8 Å². The molecule has 20 heavy (non-hydrogen) atoms. The molecule has 0 spiro atoms. The van der Waals surface area contributed by atoms with Gasteiger partial charge in [-0.1, -0.05) is 13.3 Å². The Hall–Kier alpha value is -0.550. The molecule has 0 aromatic heterocycles. The summed E-state index contributed by atoms with van der Waals surface area (Å²) in [4.78, 5) is 25.9. The molecular formula is C15H26N2O2S. The molecule has 5 heteroatoms. The number of thioether (sulfide) groups is 1. The lowest BCUT2D eigenvalue weighted by molar-refractivity contribution is -0.141. The molecule has 4 unspecified atom stereocenters. The van der Waals surface area contributed by atoms with E-state index in [9.17, 15) is 9.59 Å². The van der Waals surface area contributed by atoms with Crippen molar-refractivity contribution in [1.82, 2.24) is 10.2 Å². The highest BCUT2D eigenvalue weighted by molar-refractivity contribution is 7.99. The number of nitrogens with zero attached hydrogens (tertiary/aromatic N) is 1. The first-order valence-electron chi connectivity index (χ1n) is 7.71. The average Bonchev–Trinajstić information content (AvgIpc) is 2.73. The predicted molar refractivity (Wildman–Crippen MR) is 82.7 cm³/mol. The third-order valence-electron chi connectivity index (χ3n) is 4.61. The van der Waals surface area contributed by atoms with Crippen LogP contribution in [0.3, 0.4) is 0 Å². The Morgan fingerprint density at radius 2 is 2.15 bits per heavy atom. The summed E-state index contributed by atoms with van der Waals surface area (Å²) in [5.74, 6) is -0.0327. The van der Waals surface area contributed by atoms with E-state index in [1.165, 1.54) is 17.7 Å². The molecule has 1 N–H and O–H groups in total. The lowest BCUT2D eigenvalue weighted by Gasteiger charge is -2.30. The fraction of sp³-hybridized carbons (Fsp3) is 0.867. The van der Waals surface area contributed by atoms with E-state index in [-0.39, 0.29) is 23.9 Å². The maximum Gasteiger partial charge on any atom is 0.247 e. The second-order valence-corrected chi connectivity index (χ2v) is 7.14. The maximum absolute atomic E-state index is 12.4. The largest absolute Gasteiger partial charge is 0.303 e. The molecule has 1 aliphatic heterocycles. The van der Waals surface area contributed by atoms with Crippen molar-refractivity contribution in [3.63, 3.8) is 0 Å². The molecular weight excluding hydrogens is 272 g/mol. The Morgan fingerprint density at radius 1 is 1.40 bits per heavy atom. The van der Waals surface area contributed by atoms with Gasteiger partial charge in [-0.05, 0) is 38.9 Å². The first kappa shape index (κ1) is 15.8. The summed E-state index contributed by atoms with van der Waals surface area (Å²) >= 11 is 1.92. The fourth-order valence-electron chi connectivity index (χ4n) is 3.22. The van der Waals surface area contributed by atoms with Crippen molar-refractivity contribution in [1.29, 1.82) is 0 Å². The van der Waals surface area contributed by atoms with E-state index in [2.05, 4.69) is 11.6 Å². The van der Waals surface area contributed by atoms with E-state index >= 15 is 0 Å². The van der Waals surface area contributed by atoms with Crippen LogP contribution in [0, 0.1) is 0 Å². The zero-order valence-corrected chi connectivity index (χ0v) is 13.5. The standard InChI is InChI=1S/C15H26N2O2S/c1-4-10(2)17-14(18)9-13(15(17)19)16-11-6-5-7-12(8-11)20-3/h10-13,16H,4-9H2,1-3H3. The first-order chi connectivity index (χ1) is 9.56. The molecule has 1 aliphatic carbocycles.